The van der Waals surface area contributed by atoms with Gasteiger partial charge in [-0.25, -0.2) is 9.97 Å². The topological polar surface area (TPSA) is 76.3 Å². The summed E-state index contributed by atoms with van der Waals surface area (Å²) < 4.78 is 2.86. The lowest BCUT2D eigenvalue weighted by Gasteiger charge is -2.22. The van der Waals surface area contributed by atoms with Crippen LogP contribution in [0.3, 0.4) is 0 Å². The monoisotopic (exact) mass is 584 g/mol. The van der Waals surface area contributed by atoms with E-state index in [2.05, 4.69) is 34.5 Å². The number of fused-ring (bicyclic) bond motifs is 7. The van der Waals surface area contributed by atoms with Gasteiger partial charge in [0, 0.05) is 22.3 Å². The predicted octanol–water partition coefficient (Wildman–Crippen LogP) is 7.50. The lowest BCUT2D eigenvalue weighted by molar-refractivity contribution is -0.115. The first-order valence-electron chi connectivity index (χ1n) is 13.9. The Kier molecular flexibility index (Phi) is 6.19. The number of hydrogen-bond donors (Lipinski definition) is 0. The van der Waals surface area contributed by atoms with Crippen molar-refractivity contribution >= 4 is 66.5 Å². The molecule has 9 heteroatoms. The Balaban J connectivity index is 1.16. The Labute approximate surface area is 249 Å². The third kappa shape index (κ3) is 4.16. The van der Waals surface area contributed by atoms with Gasteiger partial charge in [0.15, 0.2) is 10.8 Å². The highest BCUT2D eigenvalue weighted by Gasteiger charge is 2.26. The molecule has 0 radical (unpaired) electrons. The lowest BCUT2D eigenvalue weighted by atomic mass is 10.0. The van der Waals surface area contributed by atoms with Crippen LogP contribution in [0.1, 0.15) is 17.5 Å². The van der Waals surface area contributed by atoms with Crippen molar-refractivity contribution in [2.24, 2.45) is 0 Å². The van der Waals surface area contributed by atoms with E-state index in [1.807, 2.05) is 71.1 Å². The normalized spacial score (nSPS) is 12.8. The minimum Gasteiger partial charge on any atom is -0.280 e. The SMILES string of the molecule is O=C(CSc1nnc2c3sc4nc(-c5ccccc5)c5c(c4c3ncn12)CCC5)N(c1ccccc1)c1ccccc1. The number of thioether (sulfide) groups is 1. The summed E-state index contributed by atoms with van der Waals surface area (Å²) in [5.41, 5.74) is 8.26. The zero-order chi connectivity index (χ0) is 28.0. The van der Waals surface area contributed by atoms with E-state index < -0.39 is 0 Å². The minimum absolute atomic E-state index is 0.0433. The van der Waals surface area contributed by atoms with Gasteiger partial charge < -0.3 is 0 Å². The second-order valence-electron chi connectivity index (χ2n) is 10.2. The molecular formula is C33H24N6OS2. The molecule has 1 aliphatic carbocycles. The zero-order valence-corrected chi connectivity index (χ0v) is 24.1. The summed E-state index contributed by atoms with van der Waals surface area (Å²) >= 11 is 2.99. The lowest BCUT2D eigenvalue weighted by Crippen LogP contribution is -2.27. The number of thiophene rings is 1. The van der Waals surface area contributed by atoms with Crippen LogP contribution in [0.15, 0.2) is 102 Å². The van der Waals surface area contributed by atoms with Gasteiger partial charge in [-0.15, -0.1) is 21.5 Å². The van der Waals surface area contributed by atoms with Crippen molar-refractivity contribution in [2.75, 3.05) is 10.7 Å². The van der Waals surface area contributed by atoms with E-state index in [9.17, 15) is 4.79 Å². The Hall–Kier alpha value is -4.60. The number of carbonyl (C=O) groups excluding carboxylic acids is 1. The van der Waals surface area contributed by atoms with E-state index in [1.165, 1.54) is 22.9 Å². The van der Waals surface area contributed by atoms with Crippen molar-refractivity contribution in [1.82, 2.24) is 24.6 Å². The van der Waals surface area contributed by atoms with E-state index in [4.69, 9.17) is 9.97 Å². The van der Waals surface area contributed by atoms with Crippen molar-refractivity contribution in [1.29, 1.82) is 0 Å². The fourth-order valence-corrected chi connectivity index (χ4v) is 7.74. The van der Waals surface area contributed by atoms with Crippen molar-refractivity contribution < 1.29 is 4.79 Å². The number of aryl methyl sites for hydroxylation is 1. The number of pyridine rings is 1. The standard InChI is InChI=1S/C33H24N6OS2/c40-26(39(22-13-6-2-7-14-22)23-15-8-3-9-16-23)19-41-33-37-36-31-30-29(34-20-38(31)33)27-24-17-10-18-25(24)28(35-32(27)42-30)21-11-4-1-5-12-21/h1-9,11-16,20H,10,17-19H2. The maximum absolute atomic E-state index is 13.6. The molecule has 7 nitrogen and oxygen atoms in total. The van der Waals surface area contributed by atoms with Gasteiger partial charge in [0.05, 0.1) is 17.0 Å². The summed E-state index contributed by atoms with van der Waals surface area (Å²) in [4.78, 5) is 26.4. The Bertz CT molecular complexity index is 2050. The molecule has 42 heavy (non-hydrogen) atoms. The molecule has 0 N–H and O–H groups in total. The molecule has 4 aromatic heterocycles. The van der Waals surface area contributed by atoms with E-state index in [1.54, 1.807) is 22.6 Å². The zero-order valence-electron chi connectivity index (χ0n) is 22.5. The summed E-state index contributed by atoms with van der Waals surface area (Å²) in [5, 5.41) is 10.8. The number of rotatable bonds is 6. The molecular weight excluding hydrogens is 561 g/mol. The van der Waals surface area contributed by atoms with Crippen LogP contribution >= 0.6 is 23.1 Å². The number of para-hydroxylation sites is 2. The summed E-state index contributed by atoms with van der Waals surface area (Å²) in [5.74, 6) is 0.156. The van der Waals surface area contributed by atoms with Crippen LogP contribution in [0.25, 0.3) is 37.3 Å². The van der Waals surface area contributed by atoms with Gasteiger partial charge in [0.2, 0.25) is 5.91 Å². The smallest absolute Gasteiger partial charge is 0.242 e. The maximum Gasteiger partial charge on any atom is 0.242 e. The average Bonchev–Trinajstić information content (AvgIpc) is 3.78. The Morgan fingerprint density at radius 3 is 2.24 bits per heavy atom. The number of amides is 1. The summed E-state index contributed by atoms with van der Waals surface area (Å²) in [6, 6.07) is 29.9. The van der Waals surface area contributed by atoms with Crippen LogP contribution in [0, 0.1) is 0 Å². The van der Waals surface area contributed by atoms with Crippen molar-refractivity contribution in [3.8, 4) is 11.3 Å². The number of hydrogen-bond acceptors (Lipinski definition) is 7. The number of aromatic nitrogens is 5. The van der Waals surface area contributed by atoms with Gasteiger partial charge >= 0.3 is 0 Å². The quantitative estimate of drug-likeness (QED) is 0.188. The molecule has 0 fully saturated rings. The minimum atomic E-state index is -0.0433. The van der Waals surface area contributed by atoms with Gasteiger partial charge in [-0.3, -0.25) is 14.1 Å². The highest BCUT2D eigenvalue weighted by atomic mass is 32.2. The maximum atomic E-state index is 13.6. The fourth-order valence-electron chi connectivity index (χ4n) is 5.85. The average molecular weight is 585 g/mol. The van der Waals surface area contributed by atoms with E-state index >= 15 is 0 Å². The summed E-state index contributed by atoms with van der Waals surface area (Å²) in [7, 11) is 0. The molecule has 1 amide bonds. The largest absolute Gasteiger partial charge is 0.280 e. The first-order chi connectivity index (χ1) is 20.8. The van der Waals surface area contributed by atoms with Crippen LogP contribution in [-0.4, -0.2) is 36.2 Å². The molecule has 4 heterocycles. The summed E-state index contributed by atoms with van der Waals surface area (Å²) in [6.07, 6.45) is 4.97. The van der Waals surface area contributed by atoms with Crippen molar-refractivity contribution in [3.05, 3.63) is 108 Å². The molecule has 0 saturated carbocycles. The van der Waals surface area contributed by atoms with Crippen LogP contribution < -0.4 is 4.90 Å². The molecule has 0 atom stereocenters. The van der Waals surface area contributed by atoms with Crippen LogP contribution in [0.5, 0.6) is 0 Å². The molecule has 0 unspecified atom stereocenters. The van der Waals surface area contributed by atoms with Crippen molar-refractivity contribution in [3.63, 3.8) is 0 Å². The second-order valence-corrected chi connectivity index (χ2v) is 12.1. The third-order valence-corrected chi connectivity index (χ3v) is 9.70. The highest BCUT2D eigenvalue weighted by molar-refractivity contribution is 7.99. The van der Waals surface area contributed by atoms with Gasteiger partial charge in [0.1, 0.15) is 15.9 Å². The van der Waals surface area contributed by atoms with Gasteiger partial charge in [-0.2, -0.15) is 0 Å². The van der Waals surface area contributed by atoms with Crippen LogP contribution in [0.4, 0.5) is 11.4 Å². The number of nitrogens with zero attached hydrogens (tertiary/aromatic N) is 6. The van der Waals surface area contributed by atoms with E-state index in [0.29, 0.717) is 5.16 Å². The molecule has 3 aromatic carbocycles. The molecule has 0 aliphatic heterocycles. The summed E-state index contributed by atoms with van der Waals surface area (Å²) in [6.45, 7) is 0. The van der Waals surface area contributed by atoms with Gasteiger partial charge in [0.25, 0.3) is 0 Å². The first-order valence-corrected chi connectivity index (χ1v) is 15.7. The van der Waals surface area contributed by atoms with Gasteiger partial charge in [-0.05, 0) is 54.7 Å². The first kappa shape index (κ1) is 25.1. The molecule has 7 aromatic rings. The predicted molar refractivity (Wildman–Crippen MR) is 170 cm³/mol. The van der Waals surface area contributed by atoms with Crippen LogP contribution in [0.2, 0.25) is 0 Å². The molecule has 1 aliphatic rings. The molecule has 8 rings (SSSR count). The van der Waals surface area contributed by atoms with E-state index in [0.717, 1.165) is 68.0 Å². The fraction of sp³-hybridized carbons (Fsp3) is 0.121. The highest BCUT2D eigenvalue weighted by Crippen LogP contribution is 2.43. The van der Waals surface area contributed by atoms with Crippen LogP contribution in [-0.2, 0) is 17.6 Å². The van der Waals surface area contributed by atoms with Crippen molar-refractivity contribution in [2.45, 2.75) is 24.4 Å². The van der Waals surface area contributed by atoms with E-state index in [-0.39, 0.29) is 11.7 Å². The van der Waals surface area contributed by atoms with Gasteiger partial charge in [-0.1, -0.05) is 78.5 Å². The Morgan fingerprint density at radius 2 is 1.52 bits per heavy atom. The molecule has 0 spiro atoms. The molecule has 0 saturated heterocycles. The number of carbonyl (C=O) groups is 1. The molecule has 204 valence electrons. The number of anilines is 2. The number of benzene rings is 3. The second kappa shape index (κ2) is 10.3. The Morgan fingerprint density at radius 1 is 0.857 bits per heavy atom. The third-order valence-electron chi connectivity index (χ3n) is 7.70. The molecule has 0 bridgehead atoms.